The van der Waals surface area contributed by atoms with Gasteiger partial charge in [0.25, 0.3) is 0 Å². The summed E-state index contributed by atoms with van der Waals surface area (Å²) < 4.78 is 0. The number of nitrogens with zero attached hydrogens (tertiary/aromatic N) is 3. The van der Waals surface area contributed by atoms with E-state index in [9.17, 15) is 0 Å². The van der Waals surface area contributed by atoms with E-state index in [2.05, 4.69) is 22.1 Å². The number of aromatic nitrogens is 2. The highest BCUT2D eigenvalue weighted by atomic mass is 15.2. The Balaban J connectivity index is 2.64. The average molecular weight is 163 g/mol. The van der Waals surface area contributed by atoms with Crippen LogP contribution in [-0.2, 0) is 6.42 Å². The van der Waals surface area contributed by atoms with Crippen molar-refractivity contribution in [1.29, 1.82) is 0 Å². The van der Waals surface area contributed by atoms with E-state index in [0.717, 1.165) is 24.4 Å². The molecule has 64 valence electrons. The van der Waals surface area contributed by atoms with Crippen LogP contribution in [0.5, 0.6) is 0 Å². The zero-order valence-corrected chi connectivity index (χ0v) is 7.76. The van der Waals surface area contributed by atoms with Crippen LogP contribution in [0.4, 0.5) is 5.69 Å². The highest BCUT2D eigenvalue weighted by Gasteiger charge is 2.20. The molecule has 0 saturated carbocycles. The summed E-state index contributed by atoms with van der Waals surface area (Å²) in [6, 6.07) is 0. The first-order chi connectivity index (χ1) is 5.70. The SMILES string of the molecule is Cc1nnc(C)c2c1CCN2C. The van der Waals surface area contributed by atoms with Crippen LogP contribution in [0.25, 0.3) is 0 Å². The minimum atomic E-state index is 1.05. The summed E-state index contributed by atoms with van der Waals surface area (Å²) in [6.45, 7) is 5.15. The molecule has 0 spiro atoms. The van der Waals surface area contributed by atoms with Crippen molar-refractivity contribution in [3.8, 4) is 0 Å². The molecule has 0 amide bonds. The highest BCUT2D eigenvalue weighted by molar-refractivity contribution is 5.61. The summed E-state index contributed by atoms with van der Waals surface area (Å²) >= 11 is 0. The van der Waals surface area contributed by atoms with Gasteiger partial charge in [-0.05, 0) is 20.3 Å². The Kier molecular flexibility index (Phi) is 1.53. The fraction of sp³-hybridized carbons (Fsp3) is 0.556. The molecule has 0 aromatic carbocycles. The molecule has 0 radical (unpaired) electrons. The molecule has 2 heterocycles. The number of rotatable bonds is 0. The van der Waals surface area contributed by atoms with Gasteiger partial charge >= 0.3 is 0 Å². The second kappa shape index (κ2) is 2.44. The quantitative estimate of drug-likeness (QED) is 0.573. The normalized spacial score (nSPS) is 15.1. The summed E-state index contributed by atoms with van der Waals surface area (Å²) in [4.78, 5) is 2.26. The predicted molar refractivity (Wildman–Crippen MR) is 48.5 cm³/mol. The molecular weight excluding hydrogens is 150 g/mol. The van der Waals surface area contributed by atoms with Crippen LogP contribution >= 0.6 is 0 Å². The maximum atomic E-state index is 4.11. The van der Waals surface area contributed by atoms with Gasteiger partial charge in [-0.1, -0.05) is 0 Å². The topological polar surface area (TPSA) is 29.0 Å². The number of likely N-dealkylation sites (N-methyl/N-ethyl adjacent to an activating group) is 1. The number of hydrogen-bond acceptors (Lipinski definition) is 3. The maximum absolute atomic E-state index is 4.11. The van der Waals surface area contributed by atoms with E-state index in [4.69, 9.17) is 0 Å². The van der Waals surface area contributed by atoms with Gasteiger partial charge < -0.3 is 4.90 Å². The molecule has 3 heteroatoms. The van der Waals surface area contributed by atoms with Crippen LogP contribution in [0.2, 0.25) is 0 Å². The minimum absolute atomic E-state index is 1.05. The molecule has 12 heavy (non-hydrogen) atoms. The van der Waals surface area contributed by atoms with Gasteiger partial charge in [-0.15, -0.1) is 0 Å². The second-order valence-electron chi connectivity index (χ2n) is 3.37. The van der Waals surface area contributed by atoms with E-state index in [1.807, 2.05) is 13.8 Å². The largest absolute Gasteiger partial charge is 0.372 e. The molecule has 0 aliphatic carbocycles. The zero-order chi connectivity index (χ0) is 8.72. The van der Waals surface area contributed by atoms with Crippen LogP contribution in [0.15, 0.2) is 0 Å². The fourth-order valence-electron chi connectivity index (χ4n) is 1.84. The molecule has 0 N–H and O–H groups in total. The van der Waals surface area contributed by atoms with Crippen molar-refractivity contribution < 1.29 is 0 Å². The molecule has 1 aromatic heterocycles. The smallest absolute Gasteiger partial charge is 0.0836 e. The standard InChI is InChI=1S/C9H13N3/c1-6-8-4-5-12(3)9(8)7(2)11-10-6/h4-5H2,1-3H3. The number of hydrogen-bond donors (Lipinski definition) is 0. The Labute approximate surface area is 72.4 Å². The van der Waals surface area contributed by atoms with Crippen LogP contribution in [-0.4, -0.2) is 23.8 Å². The van der Waals surface area contributed by atoms with Gasteiger partial charge in [-0.2, -0.15) is 10.2 Å². The molecule has 0 fully saturated rings. The van der Waals surface area contributed by atoms with Gasteiger partial charge in [0.2, 0.25) is 0 Å². The Morgan fingerprint density at radius 2 is 1.83 bits per heavy atom. The third-order valence-corrected chi connectivity index (χ3v) is 2.49. The van der Waals surface area contributed by atoms with Gasteiger partial charge in [-0.3, -0.25) is 0 Å². The molecule has 1 aromatic rings. The van der Waals surface area contributed by atoms with Crippen molar-refractivity contribution in [1.82, 2.24) is 10.2 Å². The lowest BCUT2D eigenvalue weighted by Gasteiger charge is -2.13. The van der Waals surface area contributed by atoms with Gasteiger partial charge in [-0.25, -0.2) is 0 Å². The minimum Gasteiger partial charge on any atom is -0.372 e. The van der Waals surface area contributed by atoms with Crippen molar-refractivity contribution in [2.45, 2.75) is 20.3 Å². The Morgan fingerprint density at radius 3 is 2.50 bits per heavy atom. The fourth-order valence-corrected chi connectivity index (χ4v) is 1.84. The van der Waals surface area contributed by atoms with E-state index >= 15 is 0 Å². The van der Waals surface area contributed by atoms with Crippen LogP contribution < -0.4 is 4.90 Å². The lowest BCUT2D eigenvalue weighted by Crippen LogP contribution is -2.14. The molecule has 0 unspecified atom stereocenters. The van der Waals surface area contributed by atoms with Crippen molar-refractivity contribution in [3.63, 3.8) is 0 Å². The number of anilines is 1. The molecular formula is C9H13N3. The van der Waals surface area contributed by atoms with Gasteiger partial charge in [0.05, 0.1) is 17.1 Å². The molecule has 1 aliphatic rings. The van der Waals surface area contributed by atoms with Gasteiger partial charge in [0.1, 0.15) is 0 Å². The molecule has 0 saturated heterocycles. The van der Waals surface area contributed by atoms with Crippen molar-refractivity contribution >= 4 is 5.69 Å². The first kappa shape index (κ1) is 7.53. The summed E-state index contributed by atoms with van der Waals surface area (Å²) in [7, 11) is 2.11. The van der Waals surface area contributed by atoms with Crippen molar-refractivity contribution in [2.24, 2.45) is 0 Å². The first-order valence-electron chi connectivity index (χ1n) is 4.24. The van der Waals surface area contributed by atoms with Gasteiger partial charge in [0.15, 0.2) is 0 Å². The van der Waals surface area contributed by atoms with E-state index < -0.39 is 0 Å². The van der Waals surface area contributed by atoms with Crippen molar-refractivity contribution in [2.75, 3.05) is 18.5 Å². The lowest BCUT2D eigenvalue weighted by molar-refractivity contribution is 0.923. The zero-order valence-electron chi connectivity index (χ0n) is 7.76. The third kappa shape index (κ3) is 0.891. The lowest BCUT2D eigenvalue weighted by atomic mass is 10.1. The highest BCUT2D eigenvalue weighted by Crippen LogP contribution is 2.29. The average Bonchev–Trinajstić information content (AvgIpc) is 2.42. The van der Waals surface area contributed by atoms with E-state index in [1.54, 1.807) is 0 Å². The van der Waals surface area contributed by atoms with E-state index in [-0.39, 0.29) is 0 Å². The Morgan fingerprint density at radius 1 is 1.17 bits per heavy atom. The second-order valence-corrected chi connectivity index (χ2v) is 3.37. The molecule has 1 aliphatic heterocycles. The molecule has 3 nitrogen and oxygen atoms in total. The summed E-state index contributed by atoms with van der Waals surface area (Å²) in [5.41, 5.74) is 4.81. The monoisotopic (exact) mass is 163 g/mol. The molecule has 2 rings (SSSR count). The number of aryl methyl sites for hydroxylation is 2. The number of fused-ring (bicyclic) bond motifs is 1. The summed E-state index contributed by atoms with van der Waals surface area (Å²) in [5, 5.41) is 8.22. The molecule has 0 bridgehead atoms. The third-order valence-electron chi connectivity index (χ3n) is 2.49. The van der Waals surface area contributed by atoms with Gasteiger partial charge in [0, 0.05) is 19.2 Å². The van der Waals surface area contributed by atoms with Crippen LogP contribution in [0.3, 0.4) is 0 Å². The summed E-state index contributed by atoms with van der Waals surface area (Å²) in [5.74, 6) is 0. The molecule has 0 atom stereocenters. The van der Waals surface area contributed by atoms with E-state index in [0.29, 0.717) is 0 Å². The van der Waals surface area contributed by atoms with Crippen molar-refractivity contribution in [3.05, 3.63) is 17.0 Å². The van der Waals surface area contributed by atoms with Crippen LogP contribution in [0.1, 0.15) is 17.0 Å². The predicted octanol–water partition coefficient (Wildman–Crippen LogP) is 1.09. The maximum Gasteiger partial charge on any atom is 0.0836 e. The Hall–Kier alpha value is -1.12. The van der Waals surface area contributed by atoms with E-state index in [1.165, 1.54) is 11.3 Å². The van der Waals surface area contributed by atoms with Crippen LogP contribution in [0, 0.1) is 13.8 Å². The first-order valence-corrected chi connectivity index (χ1v) is 4.24. The Bertz CT molecular complexity index is 320. The summed E-state index contributed by atoms with van der Waals surface area (Å²) in [6.07, 6.45) is 1.12.